The second kappa shape index (κ2) is 8.11. The zero-order valence-electron chi connectivity index (χ0n) is 11.4. The molecule has 0 heterocycles. The molecule has 0 aromatic carbocycles. The van der Waals surface area contributed by atoms with Crippen molar-refractivity contribution < 1.29 is 27.9 Å². The summed E-state index contributed by atoms with van der Waals surface area (Å²) in [5.74, 6) is -2.29. The second-order valence-corrected chi connectivity index (χ2v) is 6.39. The molecule has 19 heavy (non-hydrogen) atoms. The summed E-state index contributed by atoms with van der Waals surface area (Å²) < 4.78 is 30.0. The third-order valence-electron chi connectivity index (χ3n) is 2.21. The van der Waals surface area contributed by atoms with E-state index in [1.807, 2.05) is 0 Å². The van der Waals surface area contributed by atoms with Crippen molar-refractivity contribution in [1.29, 1.82) is 0 Å². The van der Waals surface area contributed by atoms with Crippen LogP contribution in [0.1, 0.15) is 33.6 Å². The van der Waals surface area contributed by atoms with Crippen molar-refractivity contribution in [3.05, 3.63) is 0 Å². The van der Waals surface area contributed by atoms with Crippen molar-refractivity contribution in [3.63, 3.8) is 0 Å². The Bertz CT molecular complexity index is 403. The lowest BCUT2D eigenvalue weighted by Crippen LogP contribution is -2.42. The number of nitrogens with one attached hydrogen (secondary N) is 1. The summed E-state index contributed by atoms with van der Waals surface area (Å²) in [6.07, 6.45) is -0.106. The lowest BCUT2D eigenvalue weighted by molar-refractivity contribution is -0.142. The summed E-state index contributed by atoms with van der Waals surface area (Å²) in [5.41, 5.74) is 0. The Kier molecular flexibility index (Phi) is 7.62. The highest BCUT2D eigenvalue weighted by atomic mass is 32.2. The van der Waals surface area contributed by atoms with Crippen LogP contribution in [-0.4, -0.2) is 43.9 Å². The Labute approximate surface area is 113 Å². The Balaban J connectivity index is 4.47. The van der Waals surface area contributed by atoms with Crippen molar-refractivity contribution in [2.75, 3.05) is 12.4 Å². The van der Waals surface area contributed by atoms with Crippen molar-refractivity contribution in [2.45, 2.75) is 39.7 Å². The van der Waals surface area contributed by atoms with Crippen LogP contribution in [0.2, 0.25) is 0 Å². The van der Waals surface area contributed by atoms with Gasteiger partial charge >= 0.3 is 11.9 Å². The largest absolute Gasteiger partial charge is 0.480 e. The first-order chi connectivity index (χ1) is 8.68. The number of carbonyl (C=O) groups excluding carboxylic acids is 1. The molecule has 0 aromatic rings. The van der Waals surface area contributed by atoms with Crippen LogP contribution in [0.25, 0.3) is 0 Å². The molecule has 0 bridgehead atoms. The quantitative estimate of drug-likeness (QED) is 0.594. The van der Waals surface area contributed by atoms with E-state index in [1.54, 1.807) is 20.8 Å². The van der Waals surface area contributed by atoms with E-state index in [9.17, 15) is 18.0 Å². The first kappa shape index (κ1) is 17.8. The lowest BCUT2D eigenvalue weighted by Gasteiger charge is -2.16. The van der Waals surface area contributed by atoms with Crippen LogP contribution in [0, 0.1) is 5.92 Å². The van der Waals surface area contributed by atoms with Gasteiger partial charge in [0.05, 0.1) is 18.8 Å². The number of sulfonamides is 1. The lowest BCUT2D eigenvalue weighted by atomic mass is 10.1. The predicted octanol–water partition coefficient (Wildman–Crippen LogP) is 0.358. The minimum absolute atomic E-state index is 0.0360. The van der Waals surface area contributed by atoms with Crippen LogP contribution in [0.3, 0.4) is 0 Å². The molecule has 0 saturated carbocycles. The molecule has 7 nitrogen and oxygen atoms in total. The van der Waals surface area contributed by atoms with Gasteiger partial charge in [-0.05, 0) is 19.3 Å². The van der Waals surface area contributed by atoms with Gasteiger partial charge in [-0.2, -0.15) is 0 Å². The van der Waals surface area contributed by atoms with Crippen molar-refractivity contribution in [2.24, 2.45) is 5.92 Å². The molecule has 0 spiro atoms. The molecule has 0 aliphatic rings. The van der Waals surface area contributed by atoms with Crippen LogP contribution >= 0.6 is 0 Å². The van der Waals surface area contributed by atoms with Crippen molar-refractivity contribution >= 4 is 22.0 Å². The number of aliphatic carboxylic acids is 1. The molecular formula is C11H21NO6S. The highest BCUT2D eigenvalue weighted by Crippen LogP contribution is 2.07. The monoisotopic (exact) mass is 295 g/mol. The topological polar surface area (TPSA) is 110 Å². The van der Waals surface area contributed by atoms with Gasteiger partial charge in [-0.15, -0.1) is 0 Å². The Morgan fingerprint density at radius 3 is 2.32 bits per heavy atom. The molecule has 0 saturated heterocycles. The number of hydrogen-bond donors (Lipinski definition) is 2. The van der Waals surface area contributed by atoms with Gasteiger partial charge in [-0.3, -0.25) is 9.59 Å². The van der Waals surface area contributed by atoms with Gasteiger partial charge in [-0.1, -0.05) is 13.8 Å². The predicted molar refractivity (Wildman–Crippen MR) is 69.1 cm³/mol. The summed E-state index contributed by atoms with van der Waals surface area (Å²) in [5, 5.41) is 8.93. The summed E-state index contributed by atoms with van der Waals surface area (Å²) in [7, 11) is -3.82. The molecule has 8 heteroatoms. The van der Waals surface area contributed by atoms with E-state index in [0.717, 1.165) is 0 Å². The standard InChI is InChI=1S/C11H21NO6S/c1-4-18-10(13)5-6-19(16,17)12-9(11(14)15)7-8(2)3/h8-9,12H,4-7H2,1-3H3,(H,14,15). The smallest absolute Gasteiger partial charge is 0.321 e. The number of carbonyl (C=O) groups is 2. The normalized spacial score (nSPS) is 13.3. The number of esters is 1. The summed E-state index contributed by atoms with van der Waals surface area (Å²) in [6, 6.07) is -1.17. The summed E-state index contributed by atoms with van der Waals surface area (Å²) in [6.45, 7) is 5.39. The van der Waals surface area contributed by atoms with Gasteiger partial charge in [0.2, 0.25) is 10.0 Å². The van der Waals surface area contributed by atoms with E-state index >= 15 is 0 Å². The average molecular weight is 295 g/mol. The third kappa shape index (κ3) is 8.55. The van der Waals surface area contributed by atoms with Gasteiger partial charge in [0, 0.05) is 0 Å². The molecule has 112 valence electrons. The maximum atomic E-state index is 11.7. The second-order valence-electron chi connectivity index (χ2n) is 4.51. The maximum absolute atomic E-state index is 11.7. The Hall–Kier alpha value is -1.15. The van der Waals surface area contributed by atoms with Crippen LogP contribution < -0.4 is 4.72 Å². The fourth-order valence-electron chi connectivity index (χ4n) is 1.40. The molecule has 0 rings (SSSR count). The van der Waals surface area contributed by atoms with E-state index in [0.29, 0.717) is 0 Å². The zero-order chi connectivity index (χ0) is 15.1. The van der Waals surface area contributed by atoms with E-state index in [2.05, 4.69) is 9.46 Å². The summed E-state index contributed by atoms with van der Waals surface area (Å²) >= 11 is 0. The highest BCUT2D eigenvalue weighted by molar-refractivity contribution is 7.89. The van der Waals surface area contributed by atoms with Gasteiger partial charge in [0.15, 0.2) is 0 Å². The summed E-state index contributed by atoms with van der Waals surface area (Å²) in [4.78, 5) is 22.0. The minimum atomic E-state index is -3.82. The van der Waals surface area contributed by atoms with E-state index in [1.165, 1.54) is 0 Å². The van der Waals surface area contributed by atoms with E-state index in [4.69, 9.17) is 5.11 Å². The van der Waals surface area contributed by atoms with Crippen LogP contribution in [0.15, 0.2) is 0 Å². The van der Waals surface area contributed by atoms with Gasteiger partial charge < -0.3 is 9.84 Å². The van der Waals surface area contributed by atoms with Crippen LogP contribution in [0.5, 0.6) is 0 Å². The van der Waals surface area contributed by atoms with Crippen molar-refractivity contribution in [3.8, 4) is 0 Å². The first-order valence-electron chi connectivity index (χ1n) is 6.06. The van der Waals surface area contributed by atoms with Crippen LogP contribution in [-0.2, 0) is 24.3 Å². The molecular weight excluding hydrogens is 274 g/mol. The number of rotatable bonds is 9. The number of hydrogen-bond acceptors (Lipinski definition) is 5. The fraction of sp³-hybridized carbons (Fsp3) is 0.818. The molecule has 0 aliphatic heterocycles. The number of carboxylic acids is 1. The molecule has 0 aliphatic carbocycles. The van der Waals surface area contributed by atoms with E-state index < -0.39 is 33.8 Å². The Morgan fingerprint density at radius 2 is 1.89 bits per heavy atom. The minimum Gasteiger partial charge on any atom is -0.480 e. The zero-order valence-corrected chi connectivity index (χ0v) is 12.2. The Morgan fingerprint density at radius 1 is 1.32 bits per heavy atom. The molecule has 1 atom stereocenters. The average Bonchev–Trinajstić information content (AvgIpc) is 2.25. The molecule has 0 fully saturated rings. The molecule has 2 N–H and O–H groups in total. The molecule has 0 radical (unpaired) electrons. The fourth-order valence-corrected chi connectivity index (χ4v) is 2.58. The van der Waals surface area contributed by atoms with Crippen molar-refractivity contribution in [1.82, 2.24) is 4.72 Å². The first-order valence-corrected chi connectivity index (χ1v) is 7.71. The maximum Gasteiger partial charge on any atom is 0.321 e. The molecule has 1 unspecified atom stereocenters. The van der Waals surface area contributed by atoms with Gasteiger partial charge in [0.1, 0.15) is 6.04 Å². The third-order valence-corrected chi connectivity index (χ3v) is 3.59. The van der Waals surface area contributed by atoms with Crippen LogP contribution in [0.4, 0.5) is 0 Å². The van der Waals surface area contributed by atoms with E-state index in [-0.39, 0.29) is 25.4 Å². The highest BCUT2D eigenvalue weighted by Gasteiger charge is 2.25. The van der Waals surface area contributed by atoms with Gasteiger partial charge in [0.25, 0.3) is 0 Å². The molecule has 0 aromatic heterocycles. The number of ether oxygens (including phenoxy) is 1. The number of carboxylic acid groups (broad SMARTS) is 1. The molecule has 0 amide bonds. The van der Waals surface area contributed by atoms with Gasteiger partial charge in [-0.25, -0.2) is 13.1 Å². The SMILES string of the molecule is CCOC(=O)CCS(=O)(=O)NC(CC(C)C)C(=O)O.